The van der Waals surface area contributed by atoms with Crippen LogP contribution in [-0.4, -0.2) is 38.8 Å². The van der Waals surface area contributed by atoms with E-state index in [0.29, 0.717) is 5.69 Å². The number of aromatic nitrogens is 2. The Morgan fingerprint density at radius 2 is 2.24 bits per heavy atom. The number of piperidine rings is 1. The number of thiol groups is 1. The van der Waals surface area contributed by atoms with Crippen molar-refractivity contribution < 1.29 is 4.79 Å². The molecule has 1 aliphatic rings. The summed E-state index contributed by atoms with van der Waals surface area (Å²) in [5, 5.41) is 6.82. The van der Waals surface area contributed by atoms with E-state index in [1.807, 2.05) is 11.8 Å². The maximum atomic E-state index is 12.1. The fourth-order valence-corrected chi connectivity index (χ4v) is 2.37. The molecule has 0 bridgehead atoms. The molecule has 1 aromatic heterocycles. The molecule has 0 spiro atoms. The lowest BCUT2D eigenvalue weighted by atomic mass is 9.93. The van der Waals surface area contributed by atoms with E-state index in [-0.39, 0.29) is 10.7 Å². The number of hydrogen-bond acceptors (Lipinski definition) is 3. The van der Waals surface area contributed by atoms with Crippen LogP contribution >= 0.6 is 12.6 Å². The van der Waals surface area contributed by atoms with Crippen molar-refractivity contribution in [1.82, 2.24) is 15.1 Å². The lowest BCUT2D eigenvalue weighted by Crippen LogP contribution is -2.44. The quantitative estimate of drug-likeness (QED) is 0.792. The second kappa shape index (κ2) is 4.72. The molecular formula is C12H19N3OS. The fraction of sp³-hybridized carbons (Fsp3) is 0.667. The van der Waals surface area contributed by atoms with Gasteiger partial charge in [-0.2, -0.15) is 17.7 Å². The number of carbonyl (C=O) groups is 1. The second-order valence-electron chi connectivity index (χ2n) is 4.81. The fourth-order valence-electron chi connectivity index (χ4n) is 2.17. The van der Waals surface area contributed by atoms with Crippen molar-refractivity contribution in [2.24, 2.45) is 0 Å². The second-order valence-corrected chi connectivity index (χ2v) is 5.75. The van der Waals surface area contributed by atoms with Gasteiger partial charge in [0.05, 0.1) is 0 Å². The summed E-state index contributed by atoms with van der Waals surface area (Å²) in [6.45, 7) is 5.61. The van der Waals surface area contributed by atoms with Crippen LogP contribution in [0.1, 0.15) is 42.4 Å². The number of likely N-dealkylation sites (tertiary alicyclic amines) is 1. The van der Waals surface area contributed by atoms with Crippen LogP contribution in [0.5, 0.6) is 0 Å². The number of nitrogens with zero attached hydrogens (tertiary/aromatic N) is 2. The standard InChI is InChI=1S/C12H19N3OS/c1-3-12(17)4-6-15(7-5-12)11(16)10-8-9(2)13-14-10/h8,17H,3-7H2,1-2H3,(H,13,14). The van der Waals surface area contributed by atoms with E-state index in [1.54, 1.807) is 6.07 Å². The van der Waals surface area contributed by atoms with Crippen molar-refractivity contribution in [2.75, 3.05) is 13.1 Å². The molecule has 0 radical (unpaired) electrons. The molecule has 2 heterocycles. The SMILES string of the molecule is CCC1(S)CCN(C(=O)c2cc(C)[nH]n2)CC1. The number of aromatic amines is 1. The molecule has 4 nitrogen and oxygen atoms in total. The van der Waals surface area contributed by atoms with Crippen molar-refractivity contribution in [3.8, 4) is 0 Å². The number of carbonyl (C=O) groups excluding carboxylic acids is 1. The molecular weight excluding hydrogens is 234 g/mol. The van der Waals surface area contributed by atoms with E-state index in [1.165, 1.54) is 0 Å². The van der Waals surface area contributed by atoms with Gasteiger partial charge in [-0.05, 0) is 32.3 Å². The van der Waals surface area contributed by atoms with Crippen LogP contribution in [0.4, 0.5) is 0 Å². The third-order valence-corrected chi connectivity index (χ3v) is 4.33. The highest BCUT2D eigenvalue weighted by Crippen LogP contribution is 2.32. The van der Waals surface area contributed by atoms with E-state index in [9.17, 15) is 4.79 Å². The molecule has 0 aromatic carbocycles. The number of H-pyrrole nitrogens is 1. The first kappa shape index (κ1) is 12.5. The largest absolute Gasteiger partial charge is 0.337 e. The van der Waals surface area contributed by atoms with Gasteiger partial charge in [0, 0.05) is 23.5 Å². The number of rotatable bonds is 2. The normalized spacial score (nSPS) is 19.4. The number of aryl methyl sites for hydroxylation is 1. The van der Waals surface area contributed by atoms with Crippen molar-refractivity contribution in [2.45, 2.75) is 37.9 Å². The van der Waals surface area contributed by atoms with Crippen LogP contribution in [0.25, 0.3) is 0 Å². The molecule has 17 heavy (non-hydrogen) atoms. The molecule has 2 rings (SSSR count). The zero-order valence-corrected chi connectivity index (χ0v) is 11.3. The molecule has 0 atom stereocenters. The zero-order valence-electron chi connectivity index (χ0n) is 10.4. The van der Waals surface area contributed by atoms with Gasteiger partial charge in [0.15, 0.2) is 0 Å². The van der Waals surface area contributed by atoms with Gasteiger partial charge >= 0.3 is 0 Å². The lowest BCUT2D eigenvalue weighted by molar-refractivity contribution is 0.0698. The van der Waals surface area contributed by atoms with Gasteiger partial charge in [0.1, 0.15) is 5.69 Å². The lowest BCUT2D eigenvalue weighted by Gasteiger charge is -2.37. The topological polar surface area (TPSA) is 49.0 Å². The summed E-state index contributed by atoms with van der Waals surface area (Å²) in [7, 11) is 0. The predicted octanol–water partition coefficient (Wildman–Crippen LogP) is 2.03. The molecule has 0 saturated carbocycles. The summed E-state index contributed by atoms with van der Waals surface area (Å²) in [4.78, 5) is 14.0. The number of nitrogens with one attached hydrogen (secondary N) is 1. The molecule has 1 fully saturated rings. The van der Waals surface area contributed by atoms with Gasteiger partial charge < -0.3 is 4.90 Å². The highest BCUT2D eigenvalue weighted by Gasteiger charge is 2.32. The Bertz CT molecular complexity index is 408. The maximum absolute atomic E-state index is 12.1. The Labute approximate surface area is 107 Å². The van der Waals surface area contributed by atoms with E-state index < -0.39 is 0 Å². The first-order chi connectivity index (χ1) is 8.04. The molecule has 1 N–H and O–H groups in total. The summed E-state index contributed by atoms with van der Waals surface area (Å²) >= 11 is 4.69. The summed E-state index contributed by atoms with van der Waals surface area (Å²) in [5.74, 6) is 0.0286. The number of amides is 1. The van der Waals surface area contributed by atoms with Crippen LogP contribution in [0.2, 0.25) is 0 Å². The molecule has 94 valence electrons. The van der Waals surface area contributed by atoms with Crippen LogP contribution in [0, 0.1) is 6.92 Å². The molecule has 1 aromatic rings. The molecule has 0 aliphatic carbocycles. The Hall–Kier alpha value is -0.970. The van der Waals surface area contributed by atoms with E-state index in [2.05, 4.69) is 17.1 Å². The van der Waals surface area contributed by atoms with Gasteiger partial charge in [-0.3, -0.25) is 9.89 Å². The van der Waals surface area contributed by atoms with Crippen LogP contribution < -0.4 is 0 Å². The smallest absolute Gasteiger partial charge is 0.274 e. The van der Waals surface area contributed by atoms with Crippen molar-refractivity contribution >= 4 is 18.5 Å². The highest BCUT2D eigenvalue weighted by molar-refractivity contribution is 7.81. The summed E-state index contributed by atoms with van der Waals surface area (Å²) in [6.07, 6.45) is 2.98. The Morgan fingerprint density at radius 3 is 2.71 bits per heavy atom. The molecule has 5 heteroatoms. The Kier molecular flexibility index (Phi) is 3.47. The highest BCUT2D eigenvalue weighted by atomic mass is 32.1. The number of hydrogen-bond donors (Lipinski definition) is 2. The maximum Gasteiger partial charge on any atom is 0.274 e. The monoisotopic (exact) mass is 253 g/mol. The van der Waals surface area contributed by atoms with Crippen molar-refractivity contribution in [3.05, 3.63) is 17.5 Å². The first-order valence-corrected chi connectivity index (χ1v) is 6.52. The van der Waals surface area contributed by atoms with Crippen LogP contribution in [0.15, 0.2) is 6.07 Å². The third-order valence-electron chi connectivity index (χ3n) is 3.56. The van der Waals surface area contributed by atoms with Gasteiger partial charge in [-0.1, -0.05) is 6.92 Å². The Morgan fingerprint density at radius 1 is 1.59 bits per heavy atom. The summed E-state index contributed by atoms with van der Waals surface area (Å²) in [5.41, 5.74) is 1.44. The minimum Gasteiger partial charge on any atom is -0.337 e. The minimum absolute atomic E-state index is 0.0286. The minimum atomic E-state index is 0.0286. The summed E-state index contributed by atoms with van der Waals surface area (Å²) in [6, 6.07) is 1.80. The molecule has 1 aliphatic heterocycles. The van der Waals surface area contributed by atoms with Crippen LogP contribution in [-0.2, 0) is 0 Å². The van der Waals surface area contributed by atoms with Gasteiger partial charge in [0.25, 0.3) is 5.91 Å². The van der Waals surface area contributed by atoms with E-state index >= 15 is 0 Å². The predicted molar refractivity (Wildman–Crippen MR) is 70.5 cm³/mol. The molecule has 1 saturated heterocycles. The average molecular weight is 253 g/mol. The van der Waals surface area contributed by atoms with Crippen molar-refractivity contribution in [1.29, 1.82) is 0 Å². The zero-order chi connectivity index (χ0) is 12.5. The van der Waals surface area contributed by atoms with Crippen LogP contribution in [0.3, 0.4) is 0 Å². The third kappa shape index (κ3) is 2.65. The van der Waals surface area contributed by atoms with E-state index in [0.717, 1.165) is 38.0 Å². The average Bonchev–Trinajstić information content (AvgIpc) is 2.76. The van der Waals surface area contributed by atoms with E-state index in [4.69, 9.17) is 12.6 Å². The molecule has 0 unspecified atom stereocenters. The van der Waals surface area contributed by atoms with Gasteiger partial charge in [-0.25, -0.2) is 0 Å². The molecule has 1 amide bonds. The van der Waals surface area contributed by atoms with Gasteiger partial charge in [-0.15, -0.1) is 0 Å². The first-order valence-electron chi connectivity index (χ1n) is 6.08. The van der Waals surface area contributed by atoms with Crippen molar-refractivity contribution in [3.63, 3.8) is 0 Å². The Balaban J connectivity index is 1.99. The van der Waals surface area contributed by atoms with Gasteiger partial charge in [0.2, 0.25) is 0 Å². The summed E-state index contributed by atoms with van der Waals surface area (Å²) < 4.78 is 0.109.